The van der Waals surface area contributed by atoms with Gasteiger partial charge in [-0.2, -0.15) is 4.75 Å². The second-order valence-electron chi connectivity index (χ2n) is 5.99. The molecule has 0 aromatic heterocycles. The van der Waals surface area contributed by atoms with Crippen LogP contribution >= 0.6 is 0 Å². The molecule has 0 saturated carbocycles. The largest absolute Gasteiger partial charge is 1.00 e. The molecule has 0 unspecified atom stereocenters. The van der Waals surface area contributed by atoms with E-state index >= 15 is 0 Å². The normalized spacial score (nSPS) is 10.5. The maximum absolute atomic E-state index is 11.3. The van der Waals surface area contributed by atoms with Crippen molar-refractivity contribution in [1.82, 2.24) is 4.90 Å². The van der Waals surface area contributed by atoms with Crippen molar-refractivity contribution < 1.29 is 61.0 Å². The van der Waals surface area contributed by atoms with Gasteiger partial charge in [0.25, 0.3) is 0 Å². The summed E-state index contributed by atoms with van der Waals surface area (Å²) in [6, 6.07) is 0. The van der Waals surface area contributed by atoms with Crippen molar-refractivity contribution in [2.45, 2.75) is 53.2 Å². The molecule has 0 rings (SSSR count). The number of carbonyl (C=O) groups is 2. The van der Waals surface area contributed by atoms with Gasteiger partial charge < -0.3 is 22.3 Å². The van der Waals surface area contributed by atoms with Crippen molar-refractivity contribution in [3.8, 4) is 0 Å². The monoisotopic (exact) mass is 298 g/mol. The zero-order chi connectivity index (χ0) is 14.4. The predicted octanol–water partition coefficient (Wildman–Crippen LogP) is -0.423. The first-order chi connectivity index (χ1) is 7.25. The minimum absolute atomic E-state index is 0. The van der Waals surface area contributed by atoms with Crippen molar-refractivity contribution in [3.05, 3.63) is 6.54 Å². The Hall–Kier alpha value is 0.996. The molecule has 0 fully saturated rings. The van der Waals surface area contributed by atoms with E-state index in [-0.39, 0.29) is 67.8 Å². The Kier molecular flexibility index (Phi) is 13.1. The van der Waals surface area contributed by atoms with Crippen LogP contribution in [0.3, 0.4) is 0 Å². The SMILES string of the molecule is CC(=O)N(C)[CH-]C(=O)C(C)(C)C.CC(C)(C)[S-].[K+]. The summed E-state index contributed by atoms with van der Waals surface area (Å²) >= 11 is 4.83. The molecule has 0 aliphatic rings. The van der Waals surface area contributed by atoms with Crippen LogP contribution in [0.25, 0.3) is 0 Å². The van der Waals surface area contributed by atoms with Crippen molar-refractivity contribution in [1.29, 1.82) is 0 Å². The standard InChI is InChI=1S/C9H16NO2.C4H10S.K/c1-7(11)10(5)6-8(12)9(2,3)4;1-4(2,3)5;/h6H,1-5H3;5H,1-3H3;/q-1;;+1/p-1. The summed E-state index contributed by atoms with van der Waals surface area (Å²) in [5.41, 5.74) is -0.413. The molecule has 0 aliphatic heterocycles. The Balaban J connectivity index is -0.000000321. The van der Waals surface area contributed by atoms with Gasteiger partial charge in [-0.3, -0.25) is 4.79 Å². The fourth-order valence-electron chi connectivity index (χ4n) is 0.460. The average Bonchev–Trinajstić information content (AvgIpc) is 1.98. The zero-order valence-electron chi connectivity index (χ0n) is 13.2. The zero-order valence-corrected chi connectivity index (χ0v) is 17.2. The van der Waals surface area contributed by atoms with Gasteiger partial charge in [0, 0.05) is 12.7 Å². The number of nitrogens with zero attached hydrogens (tertiary/aromatic N) is 1. The topological polar surface area (TPSA) is 37.4 Å². The van der Waals surface area contributed by atoms with Gasteiger partial charge in [-0.1, -0.05) is 41.5 Å². The molecule has 0 heterocycles. The van der Waals surface area contributed by atoms with Gasteiger partial charge in [-0.25, -0.2) is 6.54 Å². The molecule has 5 heteroatoms. The van der Waals surface area contributed by atoms with Crippen LogP contribution < -0.4 is 51.4 Å². The van der Waals surface area contributed by atoms with Gasteiger partial charge in [-0.15, -0.1) is 0 Å². The molecular formula is C13H25KNO2S-. The molecule has 0 N–H and O–H groups in total. The third-order valence-electron chi connectivity index (χ3n) is 1.55. The van der Waals surface area contributed by atoms with Crippen LogP contribution in [-0.2, 0) is 22.2 Å². The van der Waals surface area contributed by atoms with Crippen LogP contribution in [-0.4, -0.2) is 28.4 Å². The number of hydrogen-bond donors (Lipinski definition) is 0. The van der Waals surface area contributed by atoms with Gasteiger partial charge >= 0.3 is 51.4 Å². The Bertz CT molecular complexity index is 261. The van der Waals surface area contributed by atoms with E-state index in [1.165, 1.54) is 18.4 Å². The summed E-state index contributed by atoms with van der Waals surface area (Å²) in [6.45, 7) is 14.2. The molecule has 0 atom stereocenters. The minimum Gasteiger partial charge on any atom is -0.787 e. The van der Waals surface area contributed by atoms with Gasteiger partial charge in [0.05, 0.1) is 0 Å². The molecular weight excluding hydrogens is 273 g/mol. The number of ketones is 1. The first kappa shape index (κ1) is 24.0. The summed E-state index contributed by atoms with van der Waals surface area (Å²) in [7, 11) is 1.58. The van der Waals surface area contributed by atoms with E-state index in [0.717, 1.165) is 0 Å². The Morgan fingerprint density at radius 2 is 1.33 bits per heavy atom. The summed E-state index contributed by atoms with van der Waals surface area (Å²) in [4.78, 5) is 23.4. The summed E-state index contributed by atoms with van der Waals surface area (Å²) in [5.74, 6) is -0.173. The number of Topliss-reactive ketones (excluding diaryl/α,β-unsaturated/α-hetero) is 1. The van der Waals surface area contributed by atoms with Crippen molar-refractivity contribution in [2.75, 3.05) is 7.05 Å². The Morgan fingerprint density at radius 3 is 1.50 bits per heavy atom. The van der Waals surface area contributed by atoms with Crippen LogP contribution in [0.5, 0.6) is 0 Å². The second kappa shape index (κ2) is 9.83. The van der Waals surface area contributed by atoms with E-state index in [0.29, 0.717) is 0 Å². The van der Waals surface area contributed by atoms with Crippen molar-refractivity contribution in [2.24, 2.45) is 5.41 Å². The van der Waals surface area contributed by atoms with E-state index in [2.05, 4.69) is 0 Å². The van der Waals surface area contributed by atoms with Gasteiger partial charge in [0.15, 0.2) is 5.91 Å². The molecule has 0 aromatic carbocycles. The van der Waals surface area contributed by atoms with Crippen LogP contribution in [0.4, 0.5) is 0 Å². The van der Waals surface area contributed by atoms with Gasteiger partial charge in [0.1, 0.15) is 0 Å². The molecule has 3 nitrogen and oxygen atoms in total. The number of likely N-dealkylation sites (N-methyl/N-ethyl adjacent to an activating group) is 1. The molecule has 0 aliphatic carbocycles. The van der Waals surface area contributed by atoms with E-state index < -0.39 is 5.41 Å². The number of carbonyl (C=O) groups excluding carboxylic acids is 2. The Morgan fingerprint density at radius 1 is 1.06 bits per heavy atom. The van der Waals surface area contributed by atoms with Crippen LogP contribution in [0, 0.1) is 12.0 Å². The third kappa shape index (κ3) is 19.3. The Labute approximate surface area is 160 Å². The van der Waals surface area contributed by atoms with E-state index in [9.17, 15) is 9.59 Å². The summed E-state index contributed by atoms with van der Waals surface area (Å²) < 4.78 is 0.0833. The van der Waals surface area contributed by atoms with Crippen LogP contribution in [0.1, 0.15) is 48.5 Å². The molecule has 0 radical (unpaired) electrons. The van der Waals surface area contributed by atoms with E-state index in [1.807, 2.05) is 41.5 Å². The van der Waals surface area contributed by atoms with Crippen LogP contribution in [0.2, 0.25) is 0 Å². The van der Waals surface area contributed by atoms with Crippen molar-refractivity contribution in [3.63, 3.8) is 0 Å². The van der Waals surface area contributed by atoms with Crippen molar-refractivity contribution >= 4 is 24.3 Å². The quantitative estimate of drug-likeness (QED) is 0.395. The number of rotatable bonds is 2. The predicted molar refractivity (Wildman–Crippen MR) is 74.3 cm³/mol. The molecule has 18 heavy (non-hydrogen) atoms. The molecule has 102 valence electrons. The van der Waals surface area contributed by atoms with E-state index in [4.69, 9.17) is 12.6 Å². The fourth-order valence-corrected chi connectivity index (χ4v) is 0.460. The number of hydrogen-bond acceptors (Lipinski definition) is 3. The summed E-state index contributed by atoms with van der Waals surface area (Å²) in [6.07, 6.45) is 0. The molecule has 1 amide bonds. The van der Waals surface area contributed by atoms with Crippen LogP contribution in [0.15, 0.2) is 0 Å². The van der Waals surface area contributed by atoms with Gasteiger partial charge in [0.2, 0.25) is 0 Å². The smallest absolute Gasteiger partial charge is 0.787 e. The first-order valence-electron chi connectivity index (χ1n) is 5.58. The first-order valence-corrected chi connectivity index (χ1v) is 5.99. The molecule has 0 spiro atoms. The summed E-state index contributed by atoms with van der Waals surface area (Å²) in [5, 5.41) is 0. The van der Waals surface area contributed by atoms with E-state index in [1.54, 1.807) is 7.05 Å². The fraction of sp³-hybridized carbons (Fsp3) is 0.769. The minimum atomic E-state index is -0.413. The third-order valence-corrected chi connectivity index (χ3v) is 1.55. The second-order valence-corrected chi connectivity index (χ2v) is 7.21. The van der Waals surface area contributed by atoms with Gasteiger partial charge in [-0.05, 0) is 12.5 Å². The maximum atomic E-state index is 11.3. The number of amides is 1. The molecule has 0 bridgehead atoms. The maximum Gasteiger partial charge on any atom is 1.00 e. The molecule has 0 saturated heterocycles. The molecule has 0 aromatic rings. The average molecular weight is 299 g/mol.